The third-order valence-electron chi connectivity index (χ3n) is 10.8. The van der Waals surface area contributed by atoms with Crippen molar-refractivity contribution in [2.45, 2.75) is 78.6 Å². The number of rotatable bonds is 9. The SMILES string of the molecule is COc1cc(O)c2c(=O)c(CC=C(C)C)c(-c3ccc(O)cc3O)oc2c1C1C=C(C)CC(c2ccc(O)cc2O)C1C(O)=C1CCC(=O)C(CC=C(C)C)=C1O. The Morgan fingerprint density at radius 2 is 1.49 bits per heavy atom. The Balaban J connectivity index is 1.74. The van der Waals surface area contributed by atoms with E-state index in [0.29, 0.717) is 12.0 Å². The number of allylic oxidation sites excluding steroid dienone is 9. The number of methoxy groups -OCH3 is 1. The maximum atomic E-state index is 14.6. The Morgan fingerprint density at radius 1 is 0.842 bits per heavy atom. The van der Waals surface area contributed by atoms with E-state index in [1.54, 1.807) is 6.07 Å². The molecule has 57 heavy (non-hydrogen) atoms. The fraction of sp³-hybridized carbons (Fsp3) is 0.304. The van der Waals surface area contributed by atoms with Crippen LogP contribution in [-0.4, -0.2) is 48.6 Å². The number of carbonyl (C=O) groups is 1. The van der Waals surface area contributed by atoms with Gasteiger partial charge in [0.25, 0.3) is 0 Å². The molecule has 6 rings (SSSR count). The fourth-order valence-corrected chi connectivity index (χ4v) is 8.05. The van der Waals surface area contributed by atoms with Crippen LogP contribution in [0.15, 0.2) is 109 Å². The molecule has 2 aliphatic carbocycles. The summed E-state index contributed by atoms with van der Waals surface area (Å²) in [5.41, 5.74) is 3.14. The molecule has 1 heterocycles. The number of carbonyl (C=O) groups excluding carboxylic acids is 1. The van der Waals surface area contributed by atoms with E-state index in [0.717, 1.165) is 22.8 Å². The lowest BCUT2D eigenvalue weighted by atomic mass is 9.66. The summed E-state index contributed by atoms with van der Waals surface area (Å²) in [4.78, 5) is 27.8. The van der Waals surface area contributed by atoms with Crippen LogP contribution < -0.4 is 10.2 Å². The van der Waals surface area contributed by atoms with Gasteiger partial charge in [-0.2, -0.15) is 0 Å². The standard InChI is InChI=1S/C46H48O11/c1-22(2)7-11-28-34(49)16-15-30(42(28)53)43(54)39-32(27-13-9-25(47)19-35(27)50)17-24(5)18-33(39)40-38(56-6)21-37(52)41-44(55)31(12-8-23(3)4)45(57-46(40)41)29-14-10-26(48)20-36(29)51/h7-10,13-14,18-21,32-33,39,47-48,50-54H,11-12,15-17H2,1-6H3. The number of fused-ring (bicyclic) bond motifs is 1. The zero-order valence-corrected chi connectivity index (χ0v) is 32.8. The van der Waals surface area contributed by atoms with Crippen molar-refractivity contribution in [2.75, 3.05) is 7.11 Å². The second-order valence-corrected chi connectivity index (χ2v) is 15.4. The number of ketones is 1. The number of phenols is 5. The molecule has 3 atom stereocenters. The average molecular weight is 777 g/mol. The summed E-state index contributed by atoms with van der Waals surface area (Å²) in [7, 11) is 1.38. The number of hydrogen-bond acceptors (Lipinski definition) is 11. The molecule has 4 aromatic rings. The molecule has 2 aliphatic rings. The second-order valence-electron chi connectivity index (χ2n) is 15.4. The molecular weight excluding hydrogens is 728 g/mol. The van der Waals surface area contributed by atoms with Crippen molar-refractivity contribution in [1.82, 2.24) is 0 Å². The van der Waals surface area contributed by atoms with E-state index in [1.807, 2.05) is 52.8 Å². The van der Waals surface area contributed by atoms with Gasteiger partial charge >= 0.3 is 0 Å². The van der Waals surface area contributed by atoms with Gasteiger partial charge in [-0.05, 0) is 84.1 Å². The molecule has 0 spiro atoms. The van der Waals surface area contributed by atoms with Gasteiger partial charge in [0.15, 0.2) is 5.78 Å². The lowest BCUT2D eigenvalue weighted by Gasteiger charge is -2.39. The van der Waals surface area contributed by atoms with Crippen LogP contribution in [0.5, 0.6) is 34.5 Å². The molecule has 7 N–H and O–H groups in total. The summed E-state index contributed by atoms with van der Waals surface area (Å²) in [5.74, 6) is -4.83. The average Bonchev–Trinajstić information content (AvgIpc) is 3.13. The number of aliphatic hydroxyl groups excluding tert-OH is 2. The van der Waals surface area contributed by atoms with Gasteiger partial charge in [0, 0.05) is 64.6 Å². The molecule has 0 saturated carbocycles. The van der Waals surface area contributed by atoms with Gasteiger partial charge in [0.1, 0.15) is 62.7 Å². The Hall–Kier alpha value is -6.36. The third kappa shape index (κ3) is 7.74. The normalized spacial score (nSPS) is 19.3. The number of Topliss-reactive ketones (excluding diaryl/α,β-unsaturated/α-hetero) is 1. The highest BCUT2D eigenvalue weighted by molar-refractivity contribution is 5.98. The largest absolute Gasteiger partial charge is 0.512 e. The van der Waals surface area contributed by atoms with Crippen LogP contribution >= 0.6 is 0 Å². The van der Waals surface area contributed by atoms with Gasteiger partial charge < -0.3 is 44.9 Å². The summed E-state index contributed by atoms with van der Waals surface area (Å²) in [5, 5.41) is 78.3. The first kappa shape index (κ1) is 40.3. The first-order chi connectivity index (χ1) is 27.0. The van der Waals surface area contributed by atoms with E-state index in [-0.39, 0.29) is 116 Å². The maximum Gasteiger partial charge on any atom is 0.200 e. The summed E-state index contributed by atoms with van der Waals surface area (Å²) in [6, 6.07) is 9.37. The quantitative estimate of drug-likeness (QED) is 0.0631. The lowest BCUT2D eigenvalue weighted by molar-refractivity contribution is -0.116. The van der Waals surface area contributed by atoms with E-state index >= 15 is 0 Å². The van der Waals surface area contributed by atoms with E-state index < -0.39 is 28.9 Å². The van der Waals surface area contributed by atoms with Crippen molar-refractivity contribution >= 4 is 16.8 Å². The van der Waals surface area contributed by atoms with Gasteiger partial charge in [0.05, 0.1) is 12.7 Å². The Morgan fingerprint density at radius 3 is 2.12 bits per heavy atom. The third-order valence-corrected chi connectivity index (χ3v) is 10.8. The molecule has 11 nitrogen and oxygen atoms in total. The van der Waals surface area contributed by atoms with Crippen LogP contribution in [-0.2, 0) is 11.2 Å². The van der Waals surface area contributed by atoms with Crippen LogP contribution in [0, 0.1) is 5.92 Å². The van der Waals surface area contributed by atoms with Crippen molar-refractivity contribution in [3.8, 4) is 45.8 Å². The lowest BCUT2D eigenvalue weighted by Crippen LogP contribution is -2.29. The predicted molar refractivity (Wildman–Crippen MR) is 217 cm³/mol. The number of hydrogen-bond donors (Lipinski definition) is 7. The van der Waals surface area contributed by atoms with E-state index in [9.17, 15) is 45.3 Å². The molecule has 1 aromatic heterocycles. The molecule has 3 unspecified atom stereocenters. The zero-order chi connectivity index (χ0) is 41.5. The predicted octanol–water partition coefficient (Wildman–Crippen LogP) is 9.68. The van der Waals surface area contributed by atoms with E-state index in [2.05, 4.69) is 0 Å². The minimum Gasteiger partial charge on any atom is -0.512 e. The zero-order valence-electron chi connectivity index (χ0n) is 32.8. The summed E-state index contributed by atoms with van der Waals surface area (Å²) in [6.45, 7) is 9.35. The van der Waals surface area contributed by atoms with Crippen molar-refractivity contribution < 1.29 is 49.7 Å². The Kier molecular flexibility index (Phi) is 11.3. The fourth-order valence-electron chi connectivity index (χ4n) is 8.05. The van der Waals surface area contributed by atoms with Crippen molar-refractivity contribution in [2.24, 2.45) is 5.92 Å². The van der Waals surface area contributed by atoms with Crippen LogP contribution in [0.4, 0.5) is 0 Å². The number of aromatic hydroxyl groups is 5. The Labute approximate surface area is 330 Å². The molecule has 0 saturated heterocycles. The molecule has 0 bridgehead atoms. The van der Waals surface area contributed by atoms with Crippen molar-refractivity contribution in [3.63, 3.8) is 0 Å². The number of aliphatic hydroxyl groups is 2. The summed E-state index contributed by atoms with van der Waals surface area (Å²) < 4.78 is 12.6. The molecule has 0 aliphatic heterocycles. The number of phenolic OH excluding ortho intramolecular Hbond substituents is 5. The van der Waals surface area contributed by atoms with Crippen LogP contribution in [0.3, 0.4) is 0 Å². The molecule has 0 fully saturated rings. The monoisotopic (exact) mass is 776 g/mol. The molecule has 0 amide bonds. The summed E-state index contributed by atoms with van der Waals surface area (Å²) >= 11 is 0. The minimum atomic E-state index is -1.01. The number of ether oxygens (including phenoxy) is 1. The molecule has 0 radical (unpaired) electrons. The highest BCUT2D eigenvalue weighted by atomic mass is 16.5. The summed E-state index contributed by atoms with van der Waals surface area (Å²) in [6.07, 6.45) is 6.11. The smallest absolute Gasteiger partial charge is 0.200 e. The van der Waals surface area contributed by atoms with E-state index in [1.165, 1.54) is 37.4 Å². The minimum absolute atomic E-state index is 0.0185. The van der Waals surface area contributed by atoms with Gasteiger partial charge in [-0.1, -0.05) is 41.0 Å². The van der Waals surface area contributed by atoms with Crippen LogP contribution in [0.25, 0.3) is 22.3 Å². The maximum absolute atomic E-state index is 14.6. The molecular formula is C46H48O11. The highest BCUT2D eigenvalue weighted by Crippen LogP contribution is 2.55. The Bertz CT molecular complexity index is 2500. The van der Waals surface area contributed by atoms with Gasteiger partial charge in [-0.25, -0.2) is 0 Å². The molecule has 298 valence electrons. The second kappa shape index (κ2) is 16.0. The number of benzene rings is 3. The van der Waals surface area contributed by atoms with Crippen LogP contribution in [0.2, 0.25) is 0 Å². The topological polar surface area (TPSA) is 198 Å². The molecule has 3 aromatic carbocycles. The first-order valence-electron chi connectivity index (χ1n) is 18.8. The van der Waals surface area contributed by atoms with Crippen LogP contribution in [0.1, 0.15) is 88.8 Å². The van der Waals surface area contributed by atoms with Gasteiger partial charge in [-0.15, -0.1) is 0 Å². The van der Waals surface area contributed by atoms with Gasteiger partial charge in [0.2, 0.25) is 5.43 Å². The van der Waals surface area contributed by atoms with Gasteiger partial charge in [-0.3, -0.25) is 9.59 Å². The molecule has 11 heteroatoms. The van der Waals surface area contributed by atoms with Crippen molar-refractivity contribution in [3.05, 3.63) is 127 Å². The first-order valence-corrected chi connectivity index (χ1v) is 18.8. The highest BCUT2D eigenvalue weighted by Gasteiger charge is 2.43. The van der Waals surface area contributed by atoms with E-state index in [4.69, 9.17) is 9.15 Å². The van der Waals surface area contributed by atoms with Crippen molar-refractivity contribution in [1.29, 1.82) is 0 Å².